The summed E-state index contributed by atoms with van der Waals surface area (Å²) in [6, 6.07) is 8.46. The summed E-state index contributed by atoms with van der Waals surface area (Å²) >= 11 is 5.11. The fraction of sp³-hybridized carbons (Fsp3) is 0.333. The molecule has 0 radical (unpaired) electrons. The van der Waals surface area contributed by atoms with Gasteiger partial charge in [0.05, 0.1) is 5.94 Å². The standard InChI is InChI=1S/C9H11BrOS/c1-11-7-12-9-4-2-8(6-10)3-5-9/h2-5H,6-7H2,1H3. The van der Waals surface area contributed by atoms with Gasteiger partial charge in [-0.3, -0.25) is 0 Å². The van der Waals surface area contributed by atoms with Gasteiger partial charge in [-0.1, -0.05) is 39.8 Å². The maximum atomic E-state index is 4.96. The second-order valence-electron chi connectivity index (χ2n) is 2.33. The van der Waals surface area contributed by atoms with Crippen LogP contribution in [0.4, 0.5) is 0 Å². The van der Waals surface area contributed by atoms with E-state index in [0.29, 0.717) is 5.94 Å². The predicted octanol–water partition coefficient (Wildman–Crippen LogP) is 3.28. The Morgan fingerprint density at radius 2 is 2.00 bits per heavy atom. The molecule has 1 aromatic carbocycles. The van der Waals surface area contributed by atoms with E-state index >= 15 is 0 Å². The number of ether oxygens (including phenoxy) is 1. The van der Waals surface area contributed by atoms with Crippen molar-refractivity contribution in [3.63, 3.8) is 0 Å². The topological polar surface area (TPSA) is 9.23 Å². The SMILES string of the molecule is COCSc1ccc(CBr)cc1. The Kier molecular flexibility index (Phi) is 4.73. The summed E-state index contributed by atoms with van der Waals surface area (Å²) in [5.74, 6) is 0.716. The zero-order chi connectivity index (χ0) is 8.81. The summed E-state index contributed by atoms with van der Waals surface area (Å²) in [7, 11) is 1.71. The minimum absolute atomic E-state index is 0.716. The van der Waals surface area contributed by atoms with Crippen LogP contribution < -0.4 is 0 Å². The van der Waals surface area contributed by atoms with Crippen molar-refractivity contribution < 1.29 is 4.74 Å². The van der Waals surface area contributed by atoms with Crippen LogP contribution in [0.5, 0.6) is 0 Å². The molecule has 0 saturated carbocycles. The Bertz CT molecular complexity index is 222. The van der Waals surface area contributed by atoms with Crippen molar-refractivity contribution in [1.82, 2.24) is 0 Å². The molecule has 0 heterocycles. The van der Waals surface area contributed by atoms with Gasteiger partial charge in [0.15, 0.2) is 0 Å². The van der Waals surface area contributed by atoms with Gasteiger partial charge in [-0.05, 0) is 17.7 Å². The lowest BCUT2D eigenvalue weighted by Crippen LogP contribution is -1.82. The Morgan fingerprint density at radius 1 is 1.33 bits per heavy atom. The van der Waals surface area contributed by atoms with Gasteiger partial charge in [0, 0.05) is 17.3 Å². The average molecular weight is 247 g/mol. The van der Waals surface area contributed by atoms with Gasteiger partial charge in [-0.15, -0.1) is 0 Å². The highest BCUT2D eigenvalue weighted by Crippen LogP contribution is 2.18. The van der Waals surface area contributed by atoms with Crippen molar-refractivity contribution in [3.8, 4) is 0 Å². The van der Waals surface area contributed by atoms with E-state index in [-0.39, 0.29) is 0 Å². The van der Waals surface area contributed by atoms with Crippen LogP contribution in [0.15, 0.2) is 29.2 Å². The van der Waals surface area contributed by atoms with E-state index in [0.717, 1.165) is 5.33 Å². The third-order valence-corrected chi connectivity index (χ3v) is 3.03. The normalized spacial score (nSPS) is 10.2. The molecule has 0 aliphatic rings. The van der Waals surface area contributed by atoms with Crippen LogP contribution in [0.1, 0.15) is 5.56 Å². The number of thioether (sulfide) groups is 1. The van der Waals surface area contributed by atoms with Gasteiger partial charge in [0.25, 0.3) is 0 Å². The first-order chi connectivity index (χ1) is 5.86. The van der Waals surface area contributed by atoms with Crippen LogP contribution in [-0.2, 0) is 10.1 Å². The van der Waals surface area contributed by atoms with Gasteiger partial charge in [0.2, 0.25) is 0 Å². The summed E-state index contributed by atoms with van der Waals surface area (Å²) in [5, 5.41) is 0.919. The summed E-state index contributed by atoms with van der Waals surface area (Å²) in [6.45, 7) is 0. The number of alkyl halides is 1. The van der Waals surface area contributed by atoms with Crippen LogP contribution in [0.3, 0.4) is 0 Å². The summed E-state index contributed by atoms with van der Waals surface area (Å²) in [5.41, 5.74) is 1.30. The summed E-state index contributed by atoms with van der Waals surface area (Å²) in [6.07, 6.45) is 0. The third kappa shape index (κ3) is 3.17. The lowest BCUT2D eigenvalue weighted by Gasteiger charge is -2.00. The van der Waals surface area contributed by atoms with Gasteiger partial charge in [0.1, 0.15) is 0 Å². The molecule has 0 saturated heterocycles. The number of halogens is 1. The van der Waals surface area contributed by atoms with E-state index in [2.05, 4.69) is 40.2 Å². The van der Waals surface area contributed by atoms with Crippen LogP contribution in [0.2, 0.25) is 0 Å². The smallest absolute Gasteiger partial charge is 0.0963 e. The molecule has 1 rings (SSSR count). The van der Waals surface area contributed by atoms with Crippen molar-refractivity contribution in [3.05, 3.63) is 29.8 Å². The van der Waals surface area contributed by atoms with E-state index in [1.54, 1.807) is 18.9 Å². The Labute approximate surface area is 85.6 Å². The number of hydrogen-bond donors (Lipinski definition) is 0. The molecule has 66 valence electrons. The lowest BCUT2D eigenvalue weighted by molar-refractivity contribution is 0.259. The molecule has 3 heteroatoms. The molecule has 0 atom stereocenters. The molecule has 0 fully saturated rings. The molecule has 0 aliphatic heterocycles. The molecular formula is C9H11BrOS. The number of rotatable bonds is 4. The minimum atomic E-state index is 0.716. The second kappa shape index (κ2) is 5.62. The van der Waals surface area contributed by atoms with Gasteiger partial charge >= 0.3 is 0 Å². The van der Waals surface area contributed by atoms with Crippen LogP contribution in [0.25, 0.3) is 0 Å². The Hall–Kier alpha value is 0.01000. The summed E-state index contributed by atoms with van der Waals surface area (Å²) in [4.78, 5) is 1.25. The molecule has 0 bridgehead atoms. The summed E-state index contributed by atoms with van der Waals surface area (Å²) < 4.78 is 4.96. The largest absolute Gasteiger partial charge is 0.374 e. The van der Waals surface area contributed by atoms with Crippen molar-refractivity contribution in [2.45, 2.75) is 10.2 Å². The van der Waals surface area contributed by atoms with Crippen molar-refractivity contribution in [2.75, 3.05) is 13.0 Å². The Morgan fingerprint density at radius 3 is 2.50 bits per heavy atom. The number of methoxy groups -OCH3 is 1. The molecule has 0 aliphatic carbocycles. The fourth-order valence-corrected chi connectivity index (χ4v) is 1.76. The zero-order valence-electron chi connectivity index (χ0n) is 6.92. The molecule has 1 aromatic rings. The van der Waals surface area contributed by atoms with E-state index in [1.807, 2.05) is 0 Å². The van der Waals surface area contributed by atoms with Gasteiger partial charge < -0.3 is 4.74 Å². The first-order valence-electron chi connectivity index (χ1n) is 3.63. The molecule has 1 nitrogen and oxygen atoms in total. The quantitative estimate of drug-likeness (QED) is 0.458. The van der Waals surface area contributed by atoms with Crippen molar-refractivity contribution >= 4 is 27.7 Å². The van der Waals surface area contributed by atoms with Crippen molar-refractivity contribution in [2.24, 2.45) is 0 Å². The van der Waals surface area contributed by atoms with E-state index in [9.17, 15) is 0 Å². The highest BCUT2D eigenvalue weighted by molar-refractivity contribution is 9.08. The number of benzene rings is 1. The second-order valence-corrected chi connectivity index (χ2v) is 3.88. The number of hydrogen-bond acceptors (Lipinski definition) is 2. The highest BCUT2D eigenvalue weighted by atomic mass is 79.9. The van der Waals surface area contributed by atoms with E-state index < -0.39 is 0 Å². The maximum absolute atomic E-state index is 4.96. The molecule has 0 N–H and O–H groups in total. The van der Waals surface area contributed by atoms with Gasteiger partial charge in [-0.25, -0.2) is 0 Å². The highest BCUT2D eigenvalue weighted by Gasteiger charge is 1.93. The fourth-order valence-electron chi connectivity index (χ4n) is 0.802. The molecule has 0 spiro atoms. The van der Waals surface area contributed by atoms with E-state index in [1.165, 1.54) is 10.5 Å². The van der Waals surface area contributed by atoms with Crippen molar-refractivity contribution in [1.29, 1.82) is 0 Å². The Balaban J connectivity index is 2.53. The molecule has 0 unspecified atom stereocenters. The van der Waals surface area contributed by atoms with Crippen LogP contribution in [-0.4, -0.2) is 13.0 Å². The molecule has 0 amide bonds. The van der Waals surface area contributed by atoms with E-state index in [4.69, 9.17) is 4.74 Å². The molecule has 0 aromatic heterocycles. The zero-order valence-corrected chi connectivity index (χ0v) is 9.32. The predicted molar refractivity (Wildman–Crippen MR) is 56.8 cm³/mol. The van der Waals surface area contributed by atoms with Gasteiger partial charge in [-0.2, -0.15) is 0 Å². The maximum Gasteiger partial charge on any atom is 0.0963 e. The third-order valence-electron chi connectivity index (χ3n) is 1.42. The lowest BCUT2D eigenvalue weighted by atomic mass is 10.2. The van der Waals surface area contributed by atoms with Crippen LogP contribution >= 0.6 is 27.7 Å². The average Bonchev–Trinajstić information content (AvgIpc) is 2.15. The molecular weight excluding hydrogens is 236 g/mol. The monoisotopic (exact) mass is 246 g/mol. The first-order valence-corrected chi connectivity index (χ1v) is 5.74. The minimum Gasteiger partial charge on any atom is -0.374 e. The first kappa shape index (κ1) is 10.1. The van der Waals surface area contributed by atoms with Crippen LogP contribution in [0, 0.1) is 0 Å². The molecule has 12 heavy (non-hydrogen) atoms.